The summed E-state index contributed by atoms with van der Waals surface area (Å²) in [6.45, 7) is 1.56. The number of carbonyl (C=O) groups excluding carboxylic acids is 1. The highest BCUT2D eigenvalue weighted by atomic mass is 16.5. The van der Waals surface area contributed by atoms with Crippen molar-refractivity contribution in [2.75, 3.05) is 19.1 Å². The van der Waals surface area contributed by atoms with E-state index in [0.29, 0.717) is 11.4 Å². The van der Waals surface area contributed by atoms with E-state index >= 15 is 0 Å². The molecule has 1 aliphatic carbocycles. The zero-order valence-electron chi connectivity index (χ0n) is 12.4. The van der Waals surface area contributed by atoms with Gasteiger partial charge in [0.05, 0.1) is 7.11 Å². The first kappa shape index (κ1) is 15.2. The van der Waals surface area contributed by atoms with Crippen LogP contribution in [0.25, 0.3) is 0 Å². The Morgan fingerprint density at radius 3 is 2.33 bits per heavy atom. The summed E-state index contributed by atoms with van der Waals surface area (Å²) in [5.74, 6) is -0.300. The Balaban J connectivity index is 2.09. The number of hydrogen-bond acceptors (Lipinski definition) is 3. The molecule has 1 aromatic rings. The maximum absolute atomic E-state index is 12.3. The molecule has 2 amide bonds. The number of anilines is 1. The van der Waals surface area contributed by atoms with Gasteiger partial charge in [0.1, 0.15) is 11.3 Å². The molecule has 114 valence electrons. The van der Waals surface area contributed by atoms with Gasteiger partial charge in [-0.1, -0.05) is 0 Å². The highest BCUT2D eigenvalue weighted by Gasteiger charge is 2.49. The number of nitrogens with zero attached hydrogens (tertiary/aromatic N) is 1. The fourth-order valence-electron chi connectivity index (χ4n) is 2.22. The first-order valence-electron chi connectivity index (χ1n) is 6.82. The molecule has 6 nitrogen and oxygen atoms in total. The second-order valence-electron chi connectivity index (χ2n) is 5.47. The zero-order chi connectivity index (χ0) is 15.6. The number of hydrogen-bond donors (Lipinski definition) is 2. The van der Waals surface area contributed by atoms with Crippen LogP contribution in [0.5, 0.6) is 5.75 Å². The van der Waals surface area contributed by atoms with Crippen molar-refractivity contribution >= 4 is 17.7 Å². The number of carboxylic acids is 1. The Morgan fingerprint density at radius 2 is 1.90 bits per heavy atom. The standard InChI is InChI=1S/C15H20N2O4/c1-15(13(18)19,10-4-5-10)16-14(20)17(2)11-6-8-12(21-3)9-7-11/h6-10H,4-5H2,1-3H3,(H,16,20)(H,18,19). The highest BCUT2D eigenvalue weighted by Crippen LogP contribution is 2.39. The summed E-state index contributed by atoms with van der Waals surface area (Å²) in [7, 11) is 3.17. The van der Waals surface area contributed by atoms with Crippen LogP contribution < -0.4 is 15.0 Å². The maximum atomic E-state index is 12.3. The SMILES string of the molecule is COc1ccc(N(C)C(=O)NC(C)(C(=O)O)C2CC2)cc1. The van der Waals surface area contributed by atoms with Crippen LogP contribution in [-0.4, -0.2) is 36.8 Å². The molecule has 1 saturated carbocycles. The molecule has 0 spiro atoms. The smallest absolute Gasteiger partial charge is 0.329 e. The van der Waals surface area contributed by atoms with E-state index in [4.69, 9.17) is 4.74 Å². The van der Waals surface area contributed by atoms with Crippen LogP contribution in [0.1, 0.15) is 19.8 Å². The number of methoxy groups -OCH3 is 1. The third-order valence-electron chi connectivity index (χ3n) is 3.97. The van der Waals surface area contributed by atoms with Crippen molar-refractivity contribution < 1.29 is 19.4 Å². The number of carbonyl (C=O) groups is 2. The second-order valence-corrected chi connectivity index (χ2v) is 5.47. The normalized spacial score (nSPS) is 16.7. The summed E-state index contributed by atoms with van der Waals surface area (Å²) in [6.07, 6.45) is 1.66. The average molecular weight is 292 g/mol. The molecule has 21 heavy (non-hydrogen) atoms. The summed E-state index contributed by atoms with van der Waals surface area (Å²) >= 11 is 0. The van der Waals surface area contributed by atoms with Gasteiger partial charge >= 0.3 is 12.0 Å². The summed E-state index contributed by atoms with van der Waals surface area (Å²) in [4.78, 5) is 25.1. The molecule has 1 aliphatic rings. The lowest BCUT2D eigenvalue weighted by Gasteiger charge is -2.29. The second kappa shape index (κ2) is 5.63. The van der Waals surface area contributed by atoms with Crippen molar-refractivity contribution in [2.45, 2.75) is 25.3 Å². The number of aliphatic carboxylic acids is 1. The minimum absolute atomic E-state index is 0.00298. The lowest BCUT2D eigenvalue weighted by atomic mass is 9.96. The van der Waals surface area contributed by atoms with Crippen LogP contribution >= 0.6 is 0 Å². The number of benzene rings is 1. The highest BCUT2D eigenvalue weighted by molar-refractivity contribution is 5.95. The number of rotatable bonds is 5. The van der Waals surface area contributed by atoms with E-state index in [9.17, 15) is 14.7 Å². The Morgan fingerprint density at radius 1 is 1.33 bits per heavy atom. The van der Waals surface area contributed by atoms with E-state index in [1.165, 1.54) is 4.90 Å². The fraction of sp³-hybridized carbons (Fsp3) is 0.467. The van der Waals surface area contributed by atoms with Gasteiger partial charge in [0.15, 0.2) is 0 Å². The fourth-order valence-corrected chi connectivity index (χ4v) is 2.22. The molecule has 0 radical (unpaired) electrons. The molecule has 1 fully saturated rings. The monoisotopic (exact) mass is 292 g/mol. The van der Waals surface area contributed by atoms with Crippen LogP contribution in [0, 0.1) is 5.92 Å². The minimum atomic E-state index is -1.21. The largest absolute Gasteiger partial charge is 0.497 e. The van der Waals surface area contributed by atoms with Gasteiger partial charge in [0.2, 0.25) is 0 Å². The van der Waals surface area contributed by atoms with E-state index in [2.05, 4.69) is 5.32 Å². The van der Waals surface area contributed by atoms with E-state index < -0.39 is 17.5 Å². The third-order valence-corrected chi connectivity index (χ3v) is 3.97. The van der Waals surface area contributed by atoms with E-state index in [1.807, 2.05) is 0 Å². The summed E-state index contributed by atoms with van der Waals surface area (Å²) in [5.41, 5.74) is -0.547. The zero-order valence-corrected chi connectivity index (χ0v) is 12.4. The van der Waals surface area contributed by atoms with E-state index in [-0.39, 0.29) is 5.92 Å². The van der Waals surface area contributed by atoms with Gasteiger partial charge in [-0.25, -0.2) is 9.59 Å². The molecule has 0 saturated heterocycles. The van der Waals surface area contributed by atoms with Gasteiger partial charge in [-0.2, -0.15) is 0 Å². The van der Waals surface area contributed by atoms with Gasteiger partial charge in [-0.3, -0.25) is 4.90 Å². The van der Waals surface area contributed by atoms with Crippen LogP contribution in [0.3, 0.4) is 0 Å². The predicted molar refractivity (Wildman–Crippen MR) is 78.7 cm³/mol. The molecule has 1 aromatic carbocycles. The summed E-state index contributed by atoms with van der Waals surface area (Å²) < 4.78 is 5.06. The number of urea groups is 1. The molecule has 1 unspecified atom stereocenters. The first-order valence-corrected chi connectivity index (χ1v) is 6.82. The van der Waals surface area contributed by atoms with Gasteiger partial charge in [0, 0.05) is 12.7 Å². The molecule has 0 aromatic heterocycles. The van der Waals surface area contributed by atoms with Crippen LogP contribution in [0.4, 0.5) is 10.5 Å². The van der Waals surface area contributed by atoms with Gasteiger partial charge in [0.25, 0.3) is 0 Å². The minimum Gasteiger partial charge on any atom is -0.497 e. The van der Waals surface area contributed by atoms with Crippen LogP contribution in [0.2, 0.25) is 0 Å². The lowest BCUT2D eigenvalue weighted by Crippen LogP contribution is -2.57. The Hall–Kier alpha value is -2.24. The Labute approximate surface area is 123 Å². The first-order chi connectivity index (χ1) is 9.88. The predicted octanol–water partition coefficient (Wildman–Crippen LogP) is 2.09. The van der Waals surface area contributed by atoms with Crippen molar-refractivity contribution in [3.05, 3.63) is 24.3 Å². The van der Waals surface area contributed by atoms with E-state index in [1.54, 1.807) is 45.3 Å². The molecule has 6 heteroatoms. The lowest BCUT2D eigenvalue weighted by molar-refractivity contribution is -0.144. The van der Waals surface area contributed by atoms with Crippen molar-refractivity contribution in [1.82, 2.24) is 5.32 Å². The van der Waals surface area contributed by atoms with Crippen molar-refractivity contribution in [3.8, 4) is 5.75 Å². The molecule has 0 aliphatic heterocycles. The van der Waals surface area contributed by atoms with Gasteiger partial charge < -0.3 is 15.2 Å². The molecular formula is C15H20N2O4. The molecule has 2 N–H and O–H groups in total. The molecule has 0 bridgehead atoms. The van der Waals surface area contributed by atoms with Crippen molar-refractivity contribution in [2.24, 2.45) is 5.92 Å². The number of nitrogens with one attached hydrogen (secondary N) is 1. The topological polar surface area (TPSA) is 78.9 Å². The number of ether oxygens (including phenoxy) is 1. The molecule has 2 rings (SSSR count). The Kier molecular flexibility index (Phi) is 4.06. The van der Waals surface area contributed by atoms with Crippen molar-refractivity contribution in [3.63, 3.8) is 0 Å². The quantitative estimate of drug-likeness (QED) is 0.871. The average Bonchev–Trinajstić information content (AvgIpc) is 3.31. The Bertz CT molecular complexity index is 539. The van der Waals surface area contributed by atoms with Gasteiger partial charge in [-0.05, 0) is 49.9 Å². The number of amides is 2. The van der Waals surface area contributed by atoms with Gasteiger partial charge in [-0.15, -0.1) is 0 Å². The maximum Gasteiger partial charge on any atom is 0.329 e. The number of carboxylic acid groups (broad SMARTS) is 1. The summed E-state index contributed by atoms with van der Waals surface area (Å²) in [6, 6.07) is 6.55. The molecule has 0 heterocycles. The molecule has 1 atom stereocenters. The van der Waals surface area contributed by atoms with Crippen LogP contribution in [0.15, 0.2) is 24.3 Å². The summed E-state index contributed by atoms with van der Waals surface area (Å²) in [5, 5.41) is 12.0. The van der Waals surface area contributed by atoms with E-state index in [0.717, 1.165) is 12.8 Å². The third kappa shape index (κ3) is 3.09. The van der Waals surface area contributed by atoms with Crippen LogP contribution in [-0.2, 0) is 4.79 Å². The van der Waals surface area contributed by atoms with Crippen molar-refractivity contribution in [1.29, 1.82) is 0 Å². The molecular weight excluding hydrogens is 272 g/mol.